The van der Waals surface area contributed by atoms with Crippen LogP contribution in [-0.4, -0.2) is 9.97 Å². The number of nitrogens with zero attached hydrogens (tertiary/aromatic N) is 1. The van der Waals surface area contributed by atoms with E-state index in [1.54, 1.807) is 0 Å². The van der Waals surface area contributed by atoms with E-state index in [2.05, 4.69) is 79.3 Å². The average Bonchev–Trinajstić information content (AvgIpc) is 3.19. The standard InChI is InChI=1S/C22H19N2P/c1-13-9-17-18(10-14(13)2)25(16-7-5-4-6-8-16)19-11-15(3)21-22(20(17)19)24-12-23-21/h4-12H,1-3H3,(H,23,24). The van der Waals surface area contributed by atoms with E-state index in [0.717, 1.165) is 5.52 Å². The number of benzene rings is 3. The number of aromatic amines is 1. The van der Waals surface area contributed by atoms with Crippen LogP contribution in [0.3, 0.4) is 0 Å². The maximum atomic E-state index is 4.56. The monoisotopic (exact) mass is 342 g/mol. The molecule has 0 bridgehead atoms. The first kappa shape index (κ1) is 14.7. The van der Waals surface area contributed by atoms with Gasteiger partial charge in [-0.2, -0.15) is 0 Å². The highest BCUT2D eigenvalue weighted by Gasteiger charge is 2.18. The number of rotatable bonds is 1. The lowest BCUT2D eigenvalue weighted by Crippen LogP contribution is -1.80. The summed E-state index contributed by atoms with van der Waals surface area (Å²) in [5.41, 5.74) is 6.24. The molecular weight excluding hydrogens is 323 g/mol. The van der Waals surface area contributed by atoms with Crippen molar-refractivity contribution in [1.82, 2.24) is 9.97 Å². The van der Waals surface area contributed by atoms with Crippen molar-refractivity contribution in [3.8, 4) is 5.30 Å². The van der Waals surface area contributed by atoms with Gasteiger partial charge < -0.3 is 4.98 Å². The molecule has 1 N–H and O–H groups in total. The highest BCUT2D eigenvalue weighted by molar-refractivity contribution is 7.68. The fourth-order valence-electron chi connectivity index (χ4n) is 3.88. The van der Waals surface area contributed by atoms with Gasteiger partial charge in [0.1, 0.15) is 0 Å². The van der Waals surface area contributed by atoms with Gasteiger partial charge in [0.15, 0.2) is 0 Å². The summed E-state index contributed by atoms with van der Waals surface area (Å²) in [5, 5.41) is 7.07. The van der Waals surface area contributed by atoms with Crippen LogP contribution in [0.4, 0.5) is 0 Å². The fraction of sp³-hybridized carbons (Fsp3) is 0.136. The highest BCUT2D eigenvalue weighted by atomic mass is 31.1. The van der Waals surface area contributed by atoms with Crippen LogP contribution in [0.15, 0.2) is 54.9 Å². The Morgan fingerprint density at radius 3 is 2.36 bits per heavy atom. The fourth-order valence-corrected chi connectivity index (χ4v) is 6.68. The van der Waals surface area contributed by atoms with Gasteiger partial charge in [0.05, 0.1) is 17.4 Å². The van der Waals surface area contributed by atoms with Crippen LogP contribution in [0, 0.1) is 20.8 Å². The van der Waals surface area contributed by atoms with Gasteiger partial charge in [0.25, 0.3) is 0 Å². The summed E-state index contributed by atoms with van der Waals surface area (Å²) in [5.74, 6) is 0. The second-order valence-electron chi connectivity index (χ2n) is 6.84. The van der Waals surface area contributed by atoms with Crippen LogP contribution < -0.4 is 0 Å². The largest absolute Gasteiger partial charge is 0.344 e. The molecule has 0 amide bonds. The predicted octanol–water partition coefficient (Wildman–Crippen LogP) is 6.77. The normalized spacial score (nSPS) is 12.5. The summed E-state index contributed by atoms with van der Waals surface area (Å²) in [6.45, 7) is 6.59. The zero-order valence-corrected chi connectivity index (χ0v) is 15.5. The van der Waals surface area contributed by atoms with E-state index in [9.17, 15) is 0 Å². The summed E-state index contributed by atoms with van der Waals surface area (Å²) < 4.78 is 0. The van der Waals surface area contributed by atoms with Crippen molar-refractivity contribution < 1.29 is 0 Å². The van der Waals surface area contributed by atoms with Crippen LogP contribution in [0.5, 0.6) is 0 Å². The molecule has 0 radical (unpaired) electrons. The zero-order valence-electron chi connectivity index (χ0n) is 14.6. The molecule has 2 nitrogen and oxygen atoms in total. The third-order valence-electron chi connectivity index (χ3n) is 5.25. The molecule has 3 heteroatoms. The molecule has 25 heavy (non-hydrogen) atoms. The maximum Gasteiger partial charge on any atom is 0.0932 e. The van der Waals surface area contributed by atoms with Crippen LogP contribution in [-0.2, 0) is 0 Å². The minimum atomic E-state index is -0.519. The Bertz CT molecular complexity index is 1260. The van der Waals surface area contributed by atoms with Crippen LogP contribution in [0.2, 0.25) is 0 Å². The number of aryl methyl sites for hydroxylation is 3. The maximum absolute atomic E-state index is 4.56. The molecule has 0 saturated heterocycles. The van der Waals surface area contributed by atoms with Crippen molar-refractivity contribution in [3.63, 3.8) is 0 Å². The van der Waals surface area contributed by atoms with Crippen LogP contribution >= 0.6 is 7.53 Å². The molecule has 0 fully saturated rings. The Hall–Kier alpha value is -2.57. The molecule has 0 spiro atoms. The Morgan fingerprint density at radius 1 is 0.840 bits per heavy atom. The molecule has 1 atom stereocenters. The van der Waals surface area contributed by atoms with Crippen molar-refractivity contribution in [1.29, 1.82) is 0 Å². The van der Waals surface area contributed by atoms with Crippen LogP contribution in [0.25, 0.3) is 37.3 Å². The lowest BCUT2D eigenvalue weighted by atomic mass is 10.0. The van der Waals surface area contributed by atoms with E-state index >= 15 is 0 Å². The first-order valence-corrected chi connectivity index (χ1v) is 9.93. The van der Waals surface area contributed by atoms with E-state index < -0.39 is 7.53 Å². The number of hydrogen-bond acceptors (Lipinski definition) is 1. The molecule has 3 aromatic carbocycles. The molecule has 1 unspecified atom stereocenters. The Balaban J connectivity index is 2.10. The second-order valence-corrected chi connectivity index (χ2v) is 8.99. The van der Waals surface area contributed by atoms with E-state index in [0.29, 0.717) is 0 Å². The Kier molecular flexibility index (Phi) is 3.07. The van der Waals surface area contributed by atoms with Gasteiger partial charge in [0, 0.05) is 15.6 Å². The van der Waals surface area contributed by atoms with E-state index in [4.69, 9.17) is 0 Å². The summed E-state index contributed by atoms with van der Waals surface area (Å²) in [4.78, 5) is 7.97. The zero-order chi connectivity index (χ0) is 17.1. The number of H-pyrrole nitrogens is 1. The van der Waals surface area contributed by atoms with Gasteiger partial charge in [-0.25, -0.2) is 4.98 Å². The van der Waals surface area contributed by atoms with Crippen LogP contribution in [0.1, 0.15) is 16.7 Å². The van der Waals surface area contributed by atoms with E-state index in [1.807, 2.05) is 6.33 Å². The Morgan fingerprint density at radius 2 is 1.56 bits per heavy atom. The first-order valence-electron chi connectivity index (χ1n) is 8.58. The van der Waals surface area contributed by atoms with Crippen molar-refractivity contribution in [2.45, 2.75) is 20.8 Å². The summed E-state index contributed by atoms with van der Waals surface area (Å²) in [6.07, 6.45) is 1.82. The molecule has 2 aromatic heterocycles. The number of nitrogens with one attached hydrogen (secondary N) is 1. The first-order chi connectivity index (χ1) is 12.1. The van der Waals surface area contributed by atoms with Crippen molar-refractivity contribution in [2.75, 3.05) is 0 Å². The van der Waals surface area contributed by atoms with Gasteiger partial charge in [-0.15, -0.1) is 0 Å². The number of aromatic nitrogens is 2. The molecule has 122 valence electrons. The van der Waals surface area contributed by atoms with Gasteiger partial charge in [-0.3, -0.25) is 0 Å². The quantitative estimate of drug-likeness (QED) is 0.358. The number of fused-ring (bicyclic) bond motifs is 5. The van der Waals surface area contributed by atoms with Gasteiger partial charge in [-0.05, 0) is 60.3 Å². The molecule has 2 heterocycles. The van der Waals surface area contributed by atoms with Crippen molar-refractivity contribution in [2.24, 2.45) is 0 Å². The second kappa shape index (κ2) is 5.21. The van der Waals surface area contributed by atoms with Gasteiger partial charge in [-0.1, -0.05) is 43.9 Å². The molecule has 0 aliphatic carbocycles. The van der Waals surface area contributed by atoms with Gasteiger partial charge >= 0.3 is 0 Å². The van der Waals surface area contributed by atoms with E-state index in [-0.39, 0.29) is 0 Å². The Labute approximate surface area is 147 Å². The lowest BCUT2D eigenvalue weighted by molar-refractivity contribution is 1.34. The van der Waals surface area contributed by atoms with E-state index in [1.165, 1.54) is 48.5 Å². The third kappa shape index (κ3) is 2.01. The van der Waals surface area contributed by atoms with Gasteiger partial charge in [0.2, 0.25) is 0 Å². The highest BCUT2D eigenvalue weighted by Crippen LogP contribution is 2.56. The third-order valence-corrected chi connectivity index (χ3v) is 7.75. The minimum Gasteiger partial charge on any atom is -0.344 e. The molecular formula is C22H19N2P. The summed E-state index contributed by atoms with van der Waals surface area (Å²) in [7, 11) is -0.519. The number of hydrogen-bond donors (Lipinski definition) is 1. The molecule has 5 rings (SSSR count). The molecule has 5 aromatic rings. The average molecular weight is 342 g/mol. The van der Waals surface area contributed by atoms with Crippen molar-refractivity contribution >= 4 is 39.6 Å². The molecule has 0 saturated carbocycles. The summed E-state index contributed by atoms with van der Waals surface area (Å²) >= 11 is 0. The minimum absolute atomic E-state index is 0.519. The summed E-state index contributed by atoms with van der Waals surface area (Å²) in [6, 6.07) is 18.1. The molecule has 0 aliphatic rings. The predicted molar refractivity (Wildman–Crippen MR) is 109 cm³/mol. The number of imidazole rings is 1. The lowest BCUT2D eigenvalue weighted by Gasteiger charge is -2.05. The topological polar surface area (TPSA) is 28.7 Å². The SMILES string of the molecule is Cc1cc2c3c4[nH]cnc4c(C)cc3p(-c3ccccc3)c2cc1C. The van der Waals surface area contributed by atoms with Crippen molar-refractivity contribution in [3.05, 3.63) is 71.5 Å². The smallest absolute Gasteiger partial charge is 0.0932 e. The molecule has 0 aliphatic heterocycles.